The Morgan fingerprint density at radius 3 is 2.87 bits per heavy atom. The molecule has 1 aliphatic carbocycles. The van der Waals surface area contributed by atoms with Crippen LogP contribution in [-0.4, -0.2) is 11.2 Å². The van der Waals surface area contributed by atoms with E-state index in [-0.39, 0.29) is 11.1 Å². The zero-order chi connectivity index (χ0) is 11.0. The van der Waals surface area contributed by atoms with E-state index < -0.39 is 5.82 Å². The highest BCUT2D eigenvalue weighted by atomic mass is 35.5. The van der Waals surface area contributed by atoms with Crippen molar-refractivity contribution in [1.82, 2.24) is 0 Å². The van der Waals surface area contributed by atoms with Crippen molar-refractivity contribution in [2.45, 2.75) is 25.9 Å². The zero-order valence-electron chi connectivity index (χ0n) is 8.58. The van der Waals surface area contributed by atoms with Crippen LogP contribution in [0.4, 0.5) is 4.39 Å². The Morgan fingerprint density at radius 1 is 1.60 bits per heavy atom. The SMILES string of the molecule is CC1CC1C(O)Cc1cccc(F)c1Cl. The van der Waals surface area contributed by atoms with Crippen LogP contribution in [-0.2, 0) is 6.42 Å². The molecule has 3 heteroatoms. The molecule has 0 saturated heterocycles. The Morgan fingerprint density at radius 2 is 2.27 bits per heavy atom. The van der Waals surface area contributed by atoms with Gasteiger partial charge < -0.3 is 5.11 Å². The van der Waals surface area contributed by atoms with Gasteiger partial charge in [0, 0.05) is 6.42 Å². The lowest BCUT2D eigenvalue weighted by Gasteiger charge is -2.11. The number of aliphatic hydroxyl groups is 1. The van der Waals surface area contributed by atoms with Crippen LogP contribution in [0.1, 0.15) is 18.9 Å². The van der Waals surface area contributed by atoms with Crippen LogP contribution in [0.3, 0.4) is 0 Å². The fourth-order valence-electron chi connectivity index (χ4n) is 1.97. The molecule has 3 unspecified atom stereocenters. The van der Waals surface area contributed by atoms with Crippen LogP contribution in [0, 0.1) is 17.7 Å². The average Bonchev–Trinajstić information content (AvgIpc) is 2.91. The molecule has 0 spiro atoms. The third-order valence-electron chi connectivity index (χ3n) is 3.13. The highest BCUT2D eigenvalue weighted by Gasteiger charge is 2.38. The molecular weight excluding hydrogens is 215 g/mol. The van der Waals surface area contributed by atoms with Gasteiger partial charge in [0.25, 0.3) is 0 Å². The van der Waals surface area contributed by atoms with Gasteiger partial charge in [-0.05, 0) is 29.9 Å². The first-order valence-corrected chi connectivity index (χ1v) is 5.58. The largest absolute Gasteiger partial charge is 0.392 e. The molecule has 0 aromatic heterocycles. The number of hydrogen-bond acceptors (Lipinski definition) is 1. The first-order chi connectivity index (χ1) is 7.09. The molecule has 0 heterocycles. The van der Waals surface area contributed by atoms with Gasteiger partial charge in [-0.3, -0.25) is 0 Å². The van der Waals surface area contributed by atoms with E-state index >= 15 is 0 Å². The minimum Gasteiger partial charge on any atom is -0.392 e. The number of rotatable bonds is 3. The smallest absolute Gasteiger partial charge is 0.142 e. The van der Waals surface area contributed by atoms with Gasteiger partial charge in [0.1, 0.15) is 5.82 Å². The lowest BCUT2D eigenvalue weighted by atomic mass is 10.0. The van der Waals surface area contributed by atoms with Crippen molar-refractivity contribution < 1.29 is 9.50 Å². The lowest BCUT2D eigenvalue weighted by molar-refractivity contribution is 0.146. The number of halogens is 2. The summed E-state index contributed by atoms with van der Waals surface area (Å²) in [6.45, 7) is 2.11. The molecule has 82 valence electrons. The first kappa shape index (κ1) is 10.9. The molecule has 15 heavy (non-hydrogen) atoms. The first-order valence-electron chi connectivity index (χ1n) is 5.20. The zero-order valence-corrected chi connectivity index (χ0v) is 9.34. The van der Waals surface area contributed by atoms with Crippen molar-refractivity contribution in [3.63, 3.8) is 0 Å². The van der Waals surface area contributed by atoms with Crippen molar-refractivity contribution in [2.75, 3.05) is 0 Å². The molecule has 1 nitrogen and oxygen atoms in total. The highest BCUT2D eigenvalue weighted by molar-refractivity contribution is 6.31. The quantitative estimate of drug-likeness (QED) is 0.843. The summed E-state index contributed by atoms with van der Waals surface area (Å²) >= 11 is 5.81. The van der Waals surface area contributed by atoms with Gasteiger partial charge in [0.15, 0.2) is 0 Å². The van der Waals surface area contributed by atoms with E-state index in [2.05, 4.69) is 6.92 Å². The number of benzene rings is 1. The van der Waals surface area contributed by atoms with Gasteiger partial charge in [0.2, 0.25) is 0 Å². The van der Waals surface area contributed by atoms with E-state index in [1.165, 1.54) is 6.07 Å². The molecule has 1 aromatic carbocycles. The fraction of sp³-hybridized carbons (Fsp3) is 0.500. The molecule has 2 rings (SSSR count). The predicted octanol–water partition coefficient (Wildman–Crippen LogP) is 3.04. The summed E-state index contributed by atoms with van der Waals surface area (Å²) in [6.07, 6.45) is 1.12. The minimum absolute atomic E-state index is 0.143. The third kappa shape index (κ3) is 2.32. The van der Waals surface area contributed by atoms with Crippen LogP contribution in [0.15, 0.2) is 18.2 Å². The molecule has 1 N–H and O–H groups in total. The van der Waals surface area contributed by atoms with Crippen molar-refractivity contribution in [3.8, 4) is 0 Å². The van der Waals surface area contributed by atoms with Crippen molar-refractivity contribution in [2.24, 2.45) is 11.8 Å². The summed E-state index contributed by atoms with van der Waals surface area (Å²) in [7, 11) is 0. The van der Waals surface area contributed by atoms with Crippen LogP contribution in [0.25, 0.3) is 0 Å². The maximum absolute atomic E-state index is 13.1. The van der Waals surface area contributed by atoms with Gasteiger partial charge in [-0.2, -0.15) is 0 Å². The monoisotopic (exact) mass is 228 g/mol. The van der Waals surface area contributed by atoms with Gasteiger partial charge in [-0.25, -0.2) is 4.39 Å². The van der Waals surface area contributed by atoms with E-state index in [0.29, 0.717) is 23.8 Å². The molecule has 1 aromatic rings. The van der Waals surface area contributed by atoms with Crippen LogP contribution in [0.5, 0.6) is 0 Å². The van der Waals surface area contributed by atoms with E-state index in [9.17, 15) is 9.50 Å². The summed E-state index contributed by atoms with van der Waals surface area (Å²) in [6, 6.07) is 4.72. The summed E-state index contributed by atoms with van der Waals surface area (Å²) in [5.41, 5.74) is 0.697. The normalized spacial score (nSPS) is 26.4. The van der Waals surface area contributed by atoms with E-state index in [4.69, 9.17) is 11.6 Å². The summed E-state index contributed by atoms with van der Waals surface area (Å²) in [4.78, 5) is 0. The maximum atomic E-state index is 13.1. The van der Waals surface area contributed by atoms with Gasteiger partial charge >= 0.3 is 0 Å². The van der Waals surface area contributed by atoms with Crippen molar-refractivity contribution in [3.05, 3.63) is 34.6 Å². The van der Waals surface area contributed by atoms with Crippen LogP contribution in [0.2, 0.25) is 5.02 Å². The summed E-state index contributed by atoms with van der Waals surface area (Å²) in [5, 5.41) is 9.99. The van der Waals surface area contributed by atoms with E-state index in [1.807, 2.05) is 0 Å². The second-order valence-corrected chi connectivity index (χ2v) is 4.74. The van der Waals surface area contributed by atoms with Crippen LogP contribution < -0.4 is 0 Å². The Hall–Kier alpha value is -0.600. The molecule has 0 aliphatic heterocycles. The second kappa shape index (κ2) is 4.11. The standard InChI is InChI=1S/C12H14ClFO/c1-7-5-9(7)11(15)6-8-3-2-4-10(14)12(8)13/h2-4,7,9,11,15H,5-6H2,1H3. The molecule has 0 radical (unpaired) electrons. The number of aliphatic hydroxyl groups excluding tert-OH is 1. The Balaban J connectivity index is 2.07. The Kier molecular flexibility index (Phi) is 2.98. The van der Waals surface area contributed by atoms with E-state index in [0.717, 1.165) is 6.42 Å². The Bertz CT molecular complexity index is 367. The molecule has 0 bridgehead atoms. The van der Waals surface area contributed by atoms with Crippen molar-refractivity contribution in [1.29, 1.82) is 0 Å². The molecule has 1 aliphatic rings. The topological polar surface area (TPSA) is 20.2 Å². The summed E-state index contributed by atoms with van der Waals surface area (Å²) in [5.74, 6) is 0.543. The Labute approximate surface area is 93.9 Å². The third-order valence-corrected chi connectivity index (χ3v) is 3.55. The van der Waals surface area contributed by atoms with Gasteiger partial charge in [-0.1, -0.05) is 30.7 Å². The maximum Gasteiger partial charge on any atom is 0.142 e. The molecule has 3 atom stereocenters. The van der Waals surface area contributed by atoms with Crippen molar-refractivity contribution >= 4 is 11.6 Å². The van der Waals surface area contributed by atoms with Crippen LogP contribution >= 0.6 is 11.6 Å². The van der Waals surface area contributed by atoms with Gasteiger partial charge in [0.05, 0.1) is 11.1 Å². The minimum atomic E-state index is -0.412. The average molecular weight is 229 g/mol. The second-order valence-electron chi connectivity index (χ2n) is 4.36. The number of hydrogen-bond donors (Lipinski definition) is 1. The predicted molar refractivity (Wildman–Crippen MR) is 58.4 cm³/mol. The van der Waals surface area contributed by atoms with Gasteiger partial charge in [-0.15, -0.1) is 0 Å². The van der Waals surface area contributed by atoms with E-state index in [1.54, 1.807) is 12.1 Å². The molecular formula is C12H14ClFO. The molecule has 0 amide bonds. The molecule has 1 fully saturated rings. The highest BCUT2D eigenvalue weighted by Crippen LogP contribution is 2.41. The fourth-order valence-corrected chi connectivity index (χ4v) is 2.17. The lowest BCUT2D eigenvalue weighted by Crippen LogP contribution is -2.14. The summed E-state index contributed by atoms with van der Waals surface area (Å²) < 4.78 is 13.1. The molecule has 1 saturated carbocycles.